The van der Waals surface area contributed by atoms with Gasteiger partial charge in [-0.15, -0.1) is 0 Å². The van der Waals surface area contributed by atoms with Crippen LogP contribution in [0.4, 0.5) is 0 Å². The summed E-state index contributed by atoms with van der Waals surface area (Å²) in [4.78, 5) is 12.3. The number of ether oxygens (including phenoxy) is 2. The number of aromatic nitrogens is 3. The lowest BCUT2D eigenvalue weighted by Gasteiger charge is -2.12. The topological polar surface area (TPSA) is 72.1 Å². The third-order valence-electron chi connectivity index (χ3n) is 4.66. The Morgan fingerprint density at radius 3 is 2.86 bits per heavy atom. The van der Waals surface area contributed by atoms with Gasteiger partial charge < -0.3 is 19.8 Å². The first kappa shape index (κ1) is 19.2. The maximum Gasteiger partial charge on any atom is 0.146 e. The normalized spacial score (nSPS) is 11.0. The fourth-order valence-corrected chi connectivity index (χ4v) is 3.48. The van der Waals surface area contributed by atoms with Crippen LogP contribution >= 0.6 is 11.6 Å². The molecule has 1 aromatic carbocycles. The van der Waals surface area contributed by atoms with Crippen LogP contribution in [0.5, 0.6) is 11.5 Å². The highest BCUT2D eigenvalue weighted by molar-refractivity contribution is 6.32. The van der Waals surface area contributed by atoms with E-state index in [9.17, 15) is 0 Å². The van der Waals surface area contributed by atoms with E-state index in [0.29, 0.717) is 23.1 Å². The number of fused-ring (bicyclic) bond motifs is 1. The summed E-state index contributed by atoms with van der Waals surface area (Å²) in [7, 11) is 3.50. The maximum atomic E-state index is 6.25. The molecule has 6 nitrogen and oxygen atoms in total. The molecule has 0 aliphatic carbocycles. The van der Waals surface area contributed by atoms with Crippen molar-refractivity contribution in [2.24, 2.45) is 0 Å². The summed E-state index contributed by atoms with van der Waals surface area (Å²) in [6.07, 6.45) is 5.27. The van der Waals surface area contributed by atoms with Gasteiger partial charge in [0.1, 0.15) is 18.1 Å². The number of methoxy groups -OCH3 is 1. The van der Waals surface area contributed by atoms with E-state index in [-0.39, 0.29) is 0 Å². The standard InChI is InChI=1S/C22H21ClN4O2/c1-24-10-11-29-19-13-25-9-7-15(19)21-20(22-17(27-21)4-3-8-26-22)14-5-6-16(23)18(12-14)28-2/h3-9,12-13,24,27H,10-11H2,1-2H3. The van der Waals surface area contributed by atoms with Crippen LogP contribution in [0.25, 0.3) is 33.4 Å². The number of benzene rings is 1. The minimum atomic E-state index is 0.539. The smallest absolute Gasteiger partial charge is 0.146 e. The van der Waals surface area contributed by atoms with Gasteiger partial charge in [0.05, 0.1) is 35.1 Å². The Bertz CT molecular complexity index is 1140. The van der Waals surface area contributed by atoms with E-state index in [4.69, 9.17) is 21.1 Å². The first-order chi connectivity index (χ1) is 14.2. The van der Waals surface area contributed by atoms with E-state index in [1.807, 2.05) is 43.4 Å². The van der Waals surface area contributed by atoms with Crippen molar-refractivity contribution in [1.29, 1.82) is 0 Å². The quantitative estimate of drug-likeness (QED) is 0.439. The molecule has 0 unspecified atom stereocenters. The van der Waals surface area contributed by atoms with Gasteiger partial charge in [-0.3, -0.25) is 9.97 Å². The van der Waals surface area contributed by atoms with Crippen molar-refractivity contribution in [2.75, 3.05) is 27.3 Å². The third-order valence-corrected chi connectivity index (χ3v) is 4.97. The van der Waals surface area contributed by atoms with Crippen LogP contribution in [0.2, 0.25) is 5.02 Å². The fourth-order valence-electron chi connectivity index (χ4n) is 3.28. The monoisotopic (exact) mass is 408 g/mol. The molecule has 3 heterocycles. The molecule has 0 fully saturated rings. The van der Waals surface area contributed by atoms with Crippen LogP contribution in [0, 0.1) is 0 Å². The number of pyridine rings is 2. The Kier molecular flexibility index (Phi) is 5.64. The molecule has 4 rings (SSSR count). The van der Waals surface area contributed by atoms with E-state index in [2.05, 4.69) is 20.3 Å². The number of rotatable bonds is 7. The fraction of sp³-hybridized carbons (Fsp3) is 0.182. The predicted octanol–water partition coefficient (Wildman–Crippen LogP) is 4.55. The summed E-state index contributed by atoms with van der Waals surface area (Å²) in [6.45, 7) is 1.28. The first-order valence-electron chi connectivity index (χ1n) is 9.25. The maximum absolute atomic E-state index is 6.25. The molecule has 0 aliphatic rings. The summed E-state index contributed by atoms with van der Waals surface area (Å²) in [5, 5.41) is 3.64. The number of hydrogen-bond donors (Lipinski definition) is 2. The lowest BCUT2D eigenvalue weighted by molar-refractivity contribution is 0.318. The number of aromatic amines is 1. The predicted molar refractivity (Wildman–Crippen MR) is 116 cm³/mol. The van der Waals surface area contributed by atoms with Crippen molar-refractivity contribution in [3.63, 3.8) is 0 Å². The van der Waals surface area contributed by atoms with Gasteiger partial charge in [0.2, 0.25) is 0 Å². The first-order valence-corrected chi connectivity index (χ1v) is 9.63. The van der Waals surface area contributed by atoms with Gasteiger partial charge in [-0.25, -0.2) is 0 Å². The molecule has 29 heavy (non-hydrogen) atoms. The number of H-pyrrole nitrogens is 1. The second-order valence-electron chi connectivity index (χ2n) is 6.45. The van der Waals surface area contributed by atoms with E-state index in [0.717, 1.165) is 40.0 Å². The zero-order chi connectivity index (χ0) is 20.2. The van der Waals surface area contributed by atoms with Crippen LogP contribution in [0.15, 0.2) is 55.0 Å². The van der Waals surface area contributed by atoms with Crippen molar-refractivity contribution >= 4 is 22.6 Å². The lowest BCUT2D eigenvalue weighted by Crippen LogP contribution is -2.16. The number of nitrogens with one attached hydrogen (secondary N) is 2. The molecule has 2 N–H and O–H groups in total. The molecule has 3 aromatic heterocycles. The van der Waals surface area contributed by atoms with Gasteiger partial charge in [-0.2, -0.15) is 0 Å². The van der Waals surface area contributed by atoms with Gasteiger partial charge >= 0.3 is 0 Å². The molecule has 0 amide bonds. The number of hydrogen-bond acceptors (Lipinski definition) is 5. The Hall–Kier alpha value is -3.09. The lowest BCUT2D eigenvalue weighted by atomic mass is 10.0. The molecule has 0 spiro atoms. The molecule has 0 radical (unpaired) electrons. The Morgan fingerprint density at radius 1 is 1.14 bits per heavy atom. The van der Waals surface area contributed by atoms with Gasteiger partial charge in [0, 0.05) is 30.1 Å². The zero-order valence-electron chi connectivity index (χ0n) is 16.2. The Labute approximate surface area is 173 Å². The molecule has 0 atom stereocenters. The molecular formula is C22H21ClN4O2. The summed E-state index contributed by atoms with van der Waals surface area (Å²) in [5.41, 5.74) is 5.53. The molecular weight excluding hydrogens is 388 g/mol. The minimum absolute atomic E-state index is 0.539. The van der Waals surface area contributed by atoms with Gasteiger partial charge in [-0.05, 0) is 42.9 Å². The molecule has 7 heteroatoms. The van der Waals surface area contributed by atoms with E-state index < -0.39 is 0 Å². The average Bonchev–Trinajstić information content (AvgIpc) is 3.14. The zero-order valence-corrected chi connectivity index (χ0v) is 17.0. The van der Waals surface area contributed by atoms with Gasteiger partial charge in [0.25, 0.3) is 0 Å². The summed E-state index contributed by atoms with van der Waals surface area (Å²) in [6, 6.07) is 11.6. The van der Waals surface area contributed by atoms with Crippen molar-refractivity contribution in [3.8, 4) is 33.9 Å². The van der Waals surface area contributed by atoms with Crippen molar-refractivity contribution < 1.29 is 9.47 Å². The average molecular weight is 409 g/mol. The highest BCUT2D eigenvalue weighted by atomic mass is 35.5. The molecule has 0 saturated heterocycles. The van der Waals surface area contributed by atoms with Gasteiger partial charge in [0.15, 0.2) is 0 Å². The van der Waals surface area contributed by atoms with Crippen LogP contribution in [0.1, 0.15) is 0 Å². The summed E-state index contributed by atoms with van der Waals surface area (Å²) >= 11 is 6.25. The van der Waals surface area contributed by atoms with E-state index in [1.165, 1.54) is 0 Å². The van der Waals surface area contributed by atoms with Crippen molar-refractivity contribution in [3.05, 3.63) is 60.0 Å². The highest BCUT2D eigenvalue weighted by Gasteiger charge is 2.20. The highest BCUT2D eigenvalue weighted by Crippen LogP contribution is 2.42. The Morgan fingerprint density at radius 2 is 2.03 bits per heavy atom. The largest absolute Gasteiger partial charge is 0.495 e. The molecule has 0 aliphatic heterocycles. The molecule has 0 saturated carbocycles. The third kappa shape index (κ3) is 3.77. The van der Waals surface area contributed by atoms with Crippen LogP contribution < -0.4 is 14.8 Å². The van der Waals surface area contributed by atoms with Crippen molar-refractivity contribution in [1.82, 2.24) is 20.3 Å². The van der Waals surface area contributed by atoms with Crippen LogP contribution in [-0.4, -0.2) is 42.3 Å². The molecule has 148 valence electrons. The molecule has 0 bridgehead atoms. The second kappa shape index (κ2) is 8.51. The molecule has 4 aromatic rings. The van der Waals surface area contributed by atoms with Crippen LogP contribution in [0.3, 0.4) is 0 Å². The summed E-state index contributed by atoms with van der Waals surface area (Å²) < 4.78 is 11.4. The minimum Gasteiger partial charge on any atom is -0.495 e. The Balaban J connectivity index is 1.92. The number of likely N-dealkylation sites (N-methyl/N-ethyl adjacent to an activating group) is 1. The SMILES string of the molecule is CNCCOc1cnccc1-c1[nH]c2cccnc2c1-c1ccc(Cl)c(OC)c1. The number of halogens is 1. The number of nitrogens with zero attached hydrogens (tertiary/aromatic N) is 2. The second-order valence-corrected chi connectivity index (χ2v) is 6.85. The summed E-state index contributed by atoms with van der Waals surface area (Å²) in [5.74, 6) is 1.32. The van der Waals surface area contributed by atoms with E-state index in [1.54, 1.807) is 25.7 Å². The van der Waals surface area contributed by atoms with Crippen LogP contribution in [-0.2, 0) is 0 Å². The van der Waals surface area contributed by atoms with E-state index >= 15 is 0 Å². The van der Waals surface area contributed by atoms with Crippen molar-refractivity contribution in [2.45, 2.75) is 0 Å². The van der Waals surface area contributed by atoms with Gasteiger partial charge in [-0.1, -0.05) is 17.7 Å².